The van der Waals surface area contributed by atoms with Crippen LogP contribution in [0.25, 0.3) is 10.8 Å². The molecule has 84 heavy (non-hydrogen) atoms. The number of allylic oxidation sites excluding steroid dienone is 4. The minimum Gasteiger partial charge on any atom is -0.381 e. The molecule has 4 rings (SSSR count). The second kappa shape index (κ2) is 83.4. The van der Waals surface area contributed by atoms with Gasteiger partial charge in [0.15, 0.2) is 0 Å². The van der Waals surface area contributed by atoms with Crippen molar-refractivity contribution in [3.8, 4) is 11.8 Å². The van der Waals surface area contributed by atoms with Crippen LogP contribution in [0.3, 0.4) is 0 Å². The van der Waals surface area contributed by atoms with Crippen molar-refractivity contribution in [1.82, 2.24) is 0 Å². The van der Waals surface area contributed by atoms with E-state index in [1.165, 1.54) is 55.7 Å². The summed E-state index contributed by atoms with van der Waals surface area (Å²) >= 11 is 0. The van der Waals surface area contributed by atoms with Gasteiger partial charge in [-0.25, -0.2) is 0 Å². The van der Waals surface area contributed by atoms with Gasteiger partial charge < -0.3 is 4.74 Å². The maximum atomic E-state index is 5.41. The van der Waals surface area contributed by atoms with Gasteiger partial charge in [0.2, 0.25) is 0 Å². The fourth-order valence-electron chi connectivity index (χ4n) is 4.57. The van der Waals surface area contributed by atoms with Gasteiger partial charge in [-0.05, 0) is 114 Å². The van der Waals surface area contributed by atoms with Crippen LogP contribution >= 0.6 is 0 Å². The van der Waals surface area contributed by atoms with E-state index in [0.29, 0.717) is 5.92 Å². The molecule has 0 spiro atoms. The molecular formula is C83H154O. The highest BCUT2D eigenvalue weighted by atomic mass is 16.5. The minimum atomic E-state index is 0.673. The highest BCUT2D eigenvalue weighted by Gasteiger charge is 1.96. The van der Waals surface area contributed by atoms with Gasteiger partial charge >= 0.3 is 0 Å². The maximum absolute atomic E-state index is 5.41. The van der Waals surface area contributed by atoms with Crippen molar-refractivity contribution in [2.75, 3.05) is 13.2 Å². The van der Waals surface area contributed by atoms with Gasteiger partial charge in [-0.1, -0.05) is 380 Å². The van der Waals surface area contributed by atoms with Gasteiger partial charge in [0.25, 0.3) is 0 Å². The van der Waals surface area contributed by atoms with E-state index in [2.05, 4.69) is 279 Å². The number of rotatable bonds is 17. The summed E-state index contributed by atoms with van der Waals surface area (Å²) in [4.78, 5) is 0. The predicted molar refractivity (Wildman–Crippen MR) is 399 cm³/mol. The van der Waals surface area contributed by atoms with Crippen LogP contribution < -0.4 is 0 Å². The van der Waals surface area contributed by atoms with Crippen LogP contribution in [0, 0.1) is 82.9 Å². The Morgan fingerprint density at radius 3 is 0.643 bits per heavy atom. The van der Waals surface area contributed by atoms with Crippen molar-refractivity contribution in [2.45, 2.75) is 279 Å². The molecule has 0 aliphatic heterocycles. The summed E-state index contributed by atoms with van der Waals surface area (Å²) in [5.74, 6) is 15.9. The molecule has 0 fully saturated rings. The van der Waals surface area contributed by atoms with Crippen molar-refractivity contribution in [1.29, 1.82) is 0 Å². The van der Waals surface area contributed by atoms with Crippen LogP contribution in [0.15, 0.2) is 146 Å². The summed E-state index contributed by atoms with van der Waals surface area (Å²) in [5.41, 5.74) is 0. The molecule has 0 radical (unpaired) electrons. The van der Waals surface area contributed by atoms with Crippen LogP contribution in [-0.4, -0.2) is 13.2 Å². The standard InChI is InChI=1S/C10H8.2C10H20.C10H18.C9H20O.2C6H6.2C5H12.2C4H10.2C2H6/c1-2-6-10-8-4-3-7-9(10)5-1;3*1-9(2)7-5-6-8-10(3)4;1-8(2)5-6-10-7-9(3)4;2*1-2-4-6-5-3-1;2*1-4-5(2)3;2*1-4(2)3;2*1-2/h1-8H;2*5-6,9-10H,7-8H2,1-4H3;9-10H,7-8H2,1-4H3;8-9H,5-7H2,1-4H3;2*1-6H;2*5H,4H2,1-3H3;2*4H,1-3H3;2*1-2H3/b;6-5+;6-5-;;;;;;;;;;. The lowest BCUT2D eigenvalue weighted by Crippen LogP contribution is -2.04. The van der Waals surface area contributed by atoms with E-state index in [9.17, 15) is 0 Å². The Morgan fingerprint density at radius 1 is 0.298 bits per heavy atom. The molecule has 0 aliphatic carbocycles. The molecule has 1 nitrogen and oxygen atoms in total. The molecule has 0 atom stereocenters. The van der Waals surface area contributed by atoms with Gasteiger partial charge in [-0.2, -0.15) is 0 Å². The summed E-state index contributed by atoms with van der Waals surface area (Å²) in [6, 6.07) is 40.7. The third-order valence-corrected chi connectivity index (χ3v) is 9.82. The van der Waals surface area contributed by atoms with E-state index in [0.717, 1.165) is 91.2 Å². The van der Waals surface area contributed by atoms with Crippen LogP contribution in [0.1, 0.15) is 279 Å². The monoisotopic (exact) mass is 1170 g/mol. The first kappa shape index (κ1) is 99.2. The van der Waals surface area contributed by atoms with Gasteiger partial charge in [-0.15, -0.1) is 11.8 Å². The SMILES string of the molecule is CC.CC.CC(C)C.CC(C)C.CC(C)C/C=C/CC(C)C.CC(C)C/C=C\CC(C)C.CC(C)CC#CCC(C)C.CC(C)CCOCC(C)C.CCC(C)C.CCC(C)C.c1ccc2ccccc2c1.c1ccccc1.c1ccccc1. The third-order valence-electron chi connectivity index (χ3n) is 9.82. The Morgan fingerprint density at radius 2 is 0.500 bits per heavy atom. The molecule has 0 saturated carbocycles. The average molecular weight is 1170 g/mol. The lowest BCUT2D eigenvalue weighted by atomic mass is 10.1. The minimum absolute atomic E-state index is 0.673. The Kier molecular flexibility index (Phi) is 98.4. The number of hydrogen-bond donors (Lipinski definition) is 0. The van der Waals surface area contributed by atoms with E-state index < -0.39 is 0 Å². The van der Waals surface area contributed by atoms with E-state index in [-0.39, 0.29) is 0 Å². The zero-order valence-corrected chi connectivity index (χ0v) is 63.0. The first-order valence-electron chi connectivity index (χ1n) is 34.2. The van der Waals surface area contributed by atoms with Crippen LogP contribution in [0.2, 0.25) is 0 Å². The van der Waals surface area contributed by atoms with Crippen LogP contribution in [-0.2, 0) is 4.74 Å². The second-order valence-corrected chi connectivity index (χ2v) is 26.4. The van der Waals surface area contributed by atoms with E-state index in [4.69, 9.17) is 4.74 Å². The number of hydrogen-bond acceptors (Lipinski definition) is 1. The zero-order valence-electron chi connectivity index (χ0n) is 63.0. The van der Waals surface area contributed by atoms with E-state index in [1.54, 1.807) is 0 Å². The quantitative estimate of drug-likeness (QED) is 0.0582. The molecule has 0 bridgehead atoms. The Hall–Kier alpha value is -3.86. The molecule has 4 aromatic carbocycles. The Labute approximate surface area is 533 Å². The third kappa shape index (κ3) is 138. The summed E-state index contributed by atoms with van der Waals surface area (Å²) in [7, 11) is 0. The molecule has 0 N–H and O–H groups in total. The molecule has 0 heterocycles. The van der Waals surface area contributed by atoms with Crippen LogP contribution in [0.5, 0.6) is 0 Å². The fourth-order valence-corrected chi connectivity index (χ4v) is 4.57. The lowest BCUT2D eigenvalue weighted by Gasteiger charge is -2.07. The Bertz CT molecular complexity index is 1530. The highest BCUT2D eigenvalue weighted by Crippen LogP contribution is 2.11. The van der Waals surface area contributed by atoms with Crippen molar-refractivity contribution < 1.29 is 4.74 Å². The molecular weight excluding hydrogens is 1010 g/mol. The van der Waals surface area contributed by atoms with Crippen molar-refractivity contribution in [3.63, 3.8) is 0 Å². The molecule has 0 saturated heterocycles. The maximum Gasteiger partial charge on any atom is 0.0488 e. The number of fused-ring (bicyclic) bond motifs is 1. The Balaban J connectivity index is -0.000000106. The van der Waals surface area contributed by atoms with Crippen molar-refractivity contribution >= 4 is 10.8 Å². The first-order valence-corrected chi connectivity index (χ1v) is 34.2. The van der Waals surface area contributed by atoms with Crippen molar-refractivity contribution in [3.05, 3.63) is 146 Å². The topological polar surface area (TPSA) is 9.23 Å². The molecule has 0 unspecified atom stereocenters. The fraction of sp³-hybridized carbons (Fsp3) is 0.663. The second-order valence-electron chi connectivity index (χ2n) is 26.4. The van der Waals surface area contributed by atoms with Gasteiger partial charge in [0.05, 0.1) is 0 Å². The van der Waals surface area contributed by atoms with Crippen molar-refractivity contribution in [2.24, 2.45) is 71.0 Å². The summed E-state index contributed by atoms with van der Waals surface area (Å²) < 4.78 is 5.41. The van der Waals surface area contributed by atoms with Gasteiger partial charge in [-0.3, -0.25) is 0 Å². The van der Waals surface area contributed by atoms with E-state index >= 15 is 0 Å². The first-order chi connectivity index (χ1) is 39.5. The number of benzene rings is 4. The average Bonchev–Trinajstić information content (AvgIpc) is 3.44. The highest BCUT2D eigenvalue weighted by molar-refractivity contribution is 5.82. The number of ether oxygens (including phenoxy) is 1. The molecule has 4 aromatic rings. The summed E-state index contributed by atoms with van der Waals surface area (Å²) in [5, 5.41) is 2.62. The van der Waals surface area contributed by atoms with E-state index in [1.807, 2.05) is 100 Å². The van der Waals surface area contributed by atoms with Gasteiger partial charge in [0.1, 0.15) is 0 Å². The molecule has 0 amide bonds. The molecule has 0 aliphatic rings. The summed E-state index contributed by atoms with van der Waals surface area (Å²) in [6.45, 7) is 71.7. The molecule has 0 aromatic heterocycles. The van der Waals surface area contributed by atoms with Gasteiger partial charge in [0, 0.05) is 26.1 Å². The van der Waals surface area contributed by atoms with Crippen LogP contribution in [0.4, 0.5) is 0 Å². The molecule has 492 valence electrons. The smallest absolute Gasteiger partial charge is 0.0488 e. The largest absolute Gasteiger partial charge is 0.381 e. The normalized spacial score (nSPS) is 9.90. The summed E-state index contributed by atoms with van der Waals surface area (Å²) in [6.07, 6.45) is 20.0. The lowest BCUT2D eigenvalue weighted by molar-refractivity contribution is 0.101. The zero-order chi connectivity index (χ0) is 67.0. The molecule has 1 heteroatoms. The predicted octanol–water partition coefficient (Wildman–Crippen LogP) is 28.8.